The Morgan fingerprint density at radius 3 is 2.57 bits per heavy atom. The SMILES string of the molecule is CC(=O)N1CCC2(CC1)CNC(=O)O2. The quantitative estimate of drug-likeness (QED) is 0.601. The summed E-state index contributed by atoms with van der Waals surface area (Å²) in [4.78, 5) is 23.8. The van der Waals surface area contributed by atoms with E-state index in [4.69, 9.17) is 4.74 Å². The number of piperidine rings is 1. The normalized spacial score (nSPS) is 24.6. The van der Waals surface area contributed by atoms with Crippen LogP contribution in [0.5, 0.6) is 0 Å². The predicted octanol–water partition coefficient (Wildman–Crippen LogP) is 0.107. The average Bonchev–Trinajstić information content (AvgIpc) is 2.48. The van der Waals surface area contributed by atoms with Crippen LogP contribution in [0.15, 0.2) is 0 Å². The van der Waals surface area contributed by atoms with E-state index in [2.05, 4.69) is 5.32 Å². The highest BCUT2D eigenvalue weighted by atomic mass is 16.6. The molecular weight excluding hydrogens is 184 g/mol. The van der Waals surface area contributed by atoms with Crippen molar-refractivity contribution in [1.29, 1.82) is 0 Å². The molecule has 2 aliphatic rings. The Labute approximate surface area is 82.4 Å². The lowest BCUT2D eigenvalue weighted by atomic mass is 9.92. The van der Waals surface area contributed by atoms with Crippen LogP contribution < -0.4 is 5.32 Å². The van der Waals surface area contributed by atoms with Crippen molar-refractivity contribution in [1.82, 2.24) is 10.2 Å². The maximum absolute atomic E-state index is 11.1. The van der Waals surface area contributed by atoms with Crippen molar-refractivity contribution in [2.45, 2.75) is 25.4 Å². The molecule has 0 aromatic carbocycles. The first-order valence-electron chi connectivity index (χ1n) is 4.84. The highest BCUT2D eigenvalue weighted by Crippen LogP contribution is 2.28. The van der Waals surface area contributed by atoms with E-state index < -0.39 is 0 Å². The van der Waals surface area contributed by atoms with Crippen molar-refractivity contribution in [2.24, 2.45) is 0 Å². The number of amides is 2. The van der Waals surface area contributed by atoms with Crippen molar-refractivity contribution in [3.8, 4) is 0 Å². The third-order valence-electron chi connectivity index (χ3n) is 2.98. The minimum absolute atomic E-state index is 0.0946. The van der Waals surface area contributed by atoms with Gasteiger partial charge in [-0.05, 0) is 0 Å². The molecule has 2 aliphatic heterocycles. The second kappa shape index (κ2) is 3.15. The van der Waals surface area contributed by atoms with Gasteiger partial charge in [0.05, 0.1) is 6.54 Å². The zero-order valence-corrected chi connectivity index (χ0v) is 8.21. The van der Waals surface area contributed by atoms with E-state index in [-0.39, 0.29) is 17.6 Å². The summed E-state index contributed by atoms with van der Waals surface area (Å²) in [5, 5.41) is 2.66. The first kappa shape index (κ1) is 9.30. The number of carbonyl (C=O) groups is 2. The van der Waals surface area contributed by atoms with Gasteiger partial charge in [0.25, 0.3) is 0 Å². The van der Waals surface area contributed by atoms with Crippen LogP contribution in [0.25, 0.3) is 0 Å². The minimum atomic E-state index is -0.344. The Kier molecular flexibility index (Phi) is 2.09. The molecular formula is C9H14N2O3. The summed E-state index contributed by atoms with van der Waals surface area (Å²) in [6.07, 6.45) is 1.15. The molecule has 0 radical (unpaired) electrons. The number of hydrogen-bond acceptors (Lipinski definition) is 3. The van der Waals surface area contributed by atoms with Crippen molar-refractivity contribution < 1.29 is 14.3 Å². The standard InChI is InChI=1S/C9H14N2O3/c1-7(12)11-4-2-9(3-5-11)6-10-8(13)14-9/h2-6H2,1H3,(H,10,13). The molecule has 0 atom stereocenters. The summed E-state index contributed by atoms with van der Waals surface area (Å²) in [7, 11) is 0. The molecule has 5 heteroatoms. The second-order valence-electron chi connectivity index (χ2n) is 3.93. The van der Waals surface area contributed by atoms with Crippen LogP contribution >= 0.6 is 0 Å². The van der Waals surface area contributed by atoms with E-state index in [0.29, 0.717) is 19.6 Å². The van der Waals surface area contributed by atoms with Crippen LogP contribution in [-0.2, 0) is 9.53 Å². The van der Waals surface area contributed by atoms with Gasteiger partial charge in [0.1, 0.15) is 5.60 Å². The van der Waals surface area contributed by atoms with Gasteiger partial charge in [-0.3, -0.25) is 4.79 Å². The average molecular weight is 198 g/mol. The number of hydrogen-bond donors (Lipinski definition) is 1. The number of alkyl carbamates (subject to hydrolysis) is 1. The Hall–Kier alpha value is -1.26. The molecule has 0 saturated carbocycles. The molecule has 0 unspecified atom stereocenters. The zero-order chi connectivity index (χ0) is 10.2. The predicted molar refractivity (Wildman–Crippen MR) is 48.7 cm³/mol. The lowest BCUT2D eigenvalue weighted by Crippen LogP contribution is -2.47. The summed E-state index contributed by atoms with van der Waals surface area (Å²) >= 11 is 0. The Bertz CT molecular complexity index is 269. The molecule has 0 bridgehead atoms. The minimum Gasteiger partial charge on any atom is -0.441 e. The third-order valence-corrected chi connectivity index (χ3v) is 2.98. The van der Waals surface area contributed by atoms with Crippen LogP contribution in [0.1, 0.15) is 19.8 Å². The molecule has 0 aromatic rings. The maximum Gasteiger partial charge on any atom is 0.407 e. The zero-order valence-electron chi connectivity index (χ0n) is 8.21. The number of nitrogens with zero attached hydrogens (tertiary/aromatic N) is 1. The van der Waals surface area contributed by atoms with Crippen molar-refractivity contribution in [2.75, 3.05) is 19.6 Å². The Balaban J connectivity index is 1.95. The number of likely N-dealkylation sites (tertiary alicyclic amines) is 1. The number of rotatable bonds is 0. The van der Waals surface area contributed by atoms with Gasteiger partial charge < -0.3 is 15.0 Å². The van der Waals surface area contributed by atoms with Crippen LogP contribution in [0.2, 0.25) is 0 Å². The van der Waals surface area contributed by atoms with Gasteiger partial charge >= 0.3 is 6.09 Å². The third kappa shape index (κ3) is 1.54. The monoisotopic (exact) mass is 198 g/mol. The van der Waals surface area contributed by atoms with Crippen molar-refractivity contribution in [3.63, 3.8) is 0 Å². The summed E-state index contributed by atoms with van der Waals surface area (Å²) in [6.45, 7) is 3.52. The number of ether oxygens (including phenoxy) is 1. The van der Waals surface area contributed by atoms with Gasteiger partial charge in [-0.1, -0.05) is 0 Å². The fourth-order valence-corrected chi connectivity index (χ4v) is 2.01. The molecule has 2 rings (SSSR count). The molecule has 2 fully saturated rings. The van der Waals surface area contributed by atoms with Crippen LogP contribution in [0.3, 0.4) is 0 Å². The summed E-state index contributed by atoms with van der Waals surface area (Å²) in [6, 6.07) is 0. The van der Waals surface area contributed by atoms with E-state index in [9.17, 15) is 9.59 Å². The van der Waals surface area contributed by atoms with E-state index in [1.165, 1.54) is 0 Å². The van der Waals surface area contributed by atoms with Gasteiger partial charge in [0, 0.05) is 32.9 Å². The van der Waals surface area contributed by atoms with Gasteiger partial charge in [-0.25, -0.2) is 4.79 Å². The van der Waals surface area contributed by atoms with Gasteiger partial charge in [-0.15, -0.1) is 0 Å². The Morgan fingerprint density at radius 2 is 2.14 bits per heavy atom. The molecule has 2 amide bonds. The summed E-state index contributed by atoms with van der Waals surface area (Å²) in [5.74, 6) is 0.0946. The van der Waals surface area contributed by atoms with E-state index >= 15 is 0 Å². The highest BCUT2D eigenvalue weighted by molar-refractivity contribution is 5.73. The van der Waals surface area contributed by atoms with Crippen LogP contribution in [0, 0.1) is 0 Å². The fourth-order valence-electron chi connectivity index (χ4n) is 2.01. The molecule has 0 aliphatic carbocycles. The Morgan fingerprint density at radius 1 is 1.50 bits per heavy atom. The summed E-state index contributed by atoms with van der Waals surface area (Å²) in [5.41, 5.74) is -0.344. The first-order valence-corrected chi connectivity index (χ1v) is 4.84. The lowest BCUT2D eigenvalue weighted by Gasteiger charge is -2.36. The van der Waals surface area contributed by atoms with E-state index in [0.717, 1.165) is 12.8 Å². The van der Waals surface area contributed by atoms with E-state index in [1.807, 2.05) is 0 Å². The lowest BCUT2D eigenvalue weighted by molar-refractivity contribution is -0.132. The van der Waals surface area contributed by atoms with Gasteiger partial charge in [0.2, 0.25) is 5.91 Å². The number of carbonyl (C=O) groups excluding carboxylic acids is 2. The van der Waals surface area contributed by atoms with E-state index in [1.54, 1.807) is 11.8 Å². The fraction of sp³-hybridized carbons (Fsp3) is 0.778. The molecule has 1 spiro atoms. The molecule has 1 N–H and O–H groups in total. The molecule has 5 nitrogen and oxygen atoms in total. The second-order valence-corrected chi connectivity index (χ2v) is 3.93. The van der Waals surface area contributed by atoms with Gasteiger partial charge in [-0.2, -0.15) is 0 Å². The van der Waals surface area contributed by atoms with Crippen molar-refractivity contribution in [3.05, 3.63) is 0 Å². The topological polar surface area (TPSA) is 58.6 Å². The summed E-state index contributed by atoms with van der Waals surface area (Å²) < 4.78 is 5.23. The highest BCUT2D eigenvalue weighted by Gasteiger charge is 2.43. The molecule has 2 saturated heterocycles. The molecule has 14 heavy (non-hydrogen) atoms. The van der Waals surface area contributed by atoms with Crippen molar-refractivity contribution >= 4 is 12.0 Å². The largest absolute Gasteiger partial charge is 0.441 e. The first-order chi connectivity index (χ1) is 6.61. The molecule has 0 aromatic heterocycles. The van der Waals surface area contributed by atoms with Crippen LogP contribution in [-0.4, -0.2) is 42.1 Å². The maximum atomic E-state index is 11.1. The smallest absolute Gasteiger partial charge is 0.407 e. The molecule has 2 heterocycles. The van der Waals surface area contributed by atoms with Gasteiger partial charge in [0.15, 0.2) is 0 Å². The van der Waals surface area contributed by atoms with Crippen LogP contribution in [0.4, 0.5) is 4.79 Å². The molecule has 78 valence electrons. The number of nitrogens with one attached hydrogen (secondary N) is 1.